The zero-order valence-corrected chi connectivity index (χ0v) is 9.58. The van der Waals surface area contributed by atoms with Gasteiger partial charge >= 0.3 is 5.97 Å². The normalized spacial score (nSPS) is 19.9. The van der Waals surface area contributed by atoms with Crippen LogP contribution in [0.25, 0.3) is 0 Å². The van der Waals surface area contributed by atoms with E-state index in [0.29, 0.717) is 6.61 Å². The molecular weight excluding hydrogens is 192 g/mol. The minimum absolute atomic E-state index is 0.0169. The van der Waals surface area contributed by atoms with Gasteiger partial charge in [-0.3, -0.25) is 0 Å². The van der Waals surface area contributed by atoms with Crippen molar-refractivity contribution in [2.24, 2.45) is 0 Å². The summed E-state index contributed by atoms with van der Waals surface area (Å²) in [6.07, 6.45) is 5.20. The van der Waals surface area contributed by atoms with Crippen LogP contribution in [0.4, 0.5) is 0 Å². The summed E-state index contributed by atoms with van der Waals surface area (Å²) in [7, 11) is 0. The lowest BCUT2D eigenvalue weighted by atomic mass is 10.1. The van der Waals surface area contributed by atoms with Crippen LogP contribution in [0.2, 0.25) is 0 Å². The Balaban J connectivity index is 2.27. The molecule has 0 amide bonds. The molecule has 0 radical (unpaired) electrons. The molecule has 1 heterocycles. The molecule has 3 heteroatoms. The number of carbonyl (C=O) groups excluding carboxylic acids is 1. The van der Waals surface area contributed by atoms with Crippen molar-refractivity contribution in [3.05, 3.63) is 23.5 Å². The van der Waals surface area contributed by atoms with E-state index in [-0.39, 0.29) is 12.1 Å². The van der Waals surface area contributed by atoms with Gasteiger partial charge < -0.3 is 9.47 Å². The molecule has 0 saturated heterocycles. The van der Waals surface area contributed by atoms with E-state index in [9.17, 15) is 4.79 Å². The van der Waals surface area contributed by atoms with E-state index in [1.165, 1.54) is 11.6 Å². The van der Waals surface area contributed by atoms with Gasteiger partial charge in [-0.05, 0) is 39.2 Å². The third-order valence-corrected chi connectivity index (χ3v) is 2.14. The standard InChI is InChI=1S/C12H18O3/c1-9(2)6-12(13)15-8-11-5-4-10(3)7-14-11/h6-7,11H,4-5,8H2,1-3H3. The van der Waals surface area contributed by atoms with E-state index in [4.69, 9.17) is 9.47 Å². The molecule has 15 heavy (non-hydrogen) atoms. The molecule has 0 aromatic heterocycles. The summed E-state index contributed by atoms with van der Waals surface area (Å²) in [5.41, 5.74) is 2.18. The Bertz CT molecular complexity index is 285. The quantitative estimate of drug-likeness (QED) is 0.530. The third-order valence-electron chi connectivity index (χ3n) is 2.14. The SMILES string of the molecule is CC(C)=CC(=O)OCC1CCC(C)=CO1. The first-order chi connectivity index (χ1) is 7.08. The Morgan fingerprint density at radius 2 is 2.40 bits per heavy atom. The van der Waals surface area contributed by atoms with Crippen molar-refractivity contribution in [2.75, 3.05) is 6.61 Å². The second kappa shape index (κ2) is 5.59. The van der Waals surface area contributed by atoms with Crippen LogP contribution < -0.4 is 0 Å². The van der Waals surface area contributed by atoms with Crippen molar-refractivity contribution in [3.63, 3.8) is 0 Å². The number of hydrogen-bond donors (Lipinski definition) is 0. The Morgan fingerprint density at radius 3 is 2.93 bits per heavy atom. The van der Waals surface area contributed by atoms with Gasteiger partial charge in [0.1, 0.15) is 12.7 Å². The highest BCUT2D eigenvalue weighted by Crippen LogP contribution is 2.16. The number of allylic oxidation sites excluding steroid dienone is 2. The fourth-order valence-corrected chi connectivity index (χ4v) is 1.30. The first-order valence-electron chi connectivity index (χ1n) is 5.20. The first-order valence-corrected chi connectivity index (χ1v) is 5.20. The van der Waals surface area contributed by atoms with Gasteiger partial charge in [0.25, 0.3) is 0 Å². The lowest BCUT2D eigenvalue weighted by molar-refractivity contribution is -0.141. The molecule has 1 aliphatic heterocycles. The highest BCUT2D eigenvalue weighted by Gasteiger charge is 2.15. The summed E-state index contributed by atoms with van der Waals surface area (Å²) in [4.78, 5) is 11.2. The zero-order chi connectivity index (χ0) is 11.3. The molecule has 0 aliphatic carbocycles. The predicted octanol–water partition coefficient (Wildman–Crippen LogP) is 2.58. The van der Waals surface area contributed by atoms with Gasteiger partial charge in [0, 0.05) is 6.08 Å². The lowest BCUT2D eigenvalue weighted by Crippen LogP contribution is -2.22. The molecule has 1 atom stereocenters. The highest BCUT2D eigenvalue weighted by atomic mass is 16.6. The monoisotopic (exact) mass is 210 g/mol. The molecule has 0 bridgehead atoms. The van der Waals surface area contributed by atoms with Gasteiger partial charge in [0.2, 0.25) is 0 Å². The zero-order valence-electron chi connectivity index (χ0n) is 9.58. The van der Waals surface area contributed by atoms with Crippen molar-refractivity contribution in [1.82, 2.24) is 0 Å². The molecule has 1 rings (SSSR count). The summed E-state index contributed by atoms with van der Waals surface area (Å²) in [6, 6.07) is 0. The fourth-order valence-electron chi connectivity index (χ4n) is 1.30. The largest absolute Gasteiger partial charge is 0.495 e. The maximum absolute atomic E-state index is 11.2. The van der Waals surface area contributed by atoms with E-state index in [1.807, 2.05) is 20.8 Å². The smallest absolute Gasteiger partial charge is 0.330 e. The fraction of sp³-hybridized carbons (Fsp3) is 0.583. The minimum atomic E-state index is -0.287. The molecule has 3 nitrogen and oxygen atoms in total. The number of carbonyl (C=O) groups is 1. The van der Waals surface area contributed by atoms with E-state index in [1.54, 1.807) is 6.26 Å². The van der Waals surface area contributed by atoms with Gasteiger partial charge in [0.05, 0.1) is 6.26 Å². The maximum Gasteiger partial charge on any atom is 0.330 e. The minimum Gasteiger partial charge on any atom is -0.495 e. The van der Waals surface area contributed by atoms with Gasteiger partial charge in [-0.15, -0.1) is 0 Å². The van der Waals surface area contributed by atoms with Crippen LogP contribution in [0.1, 0.15) is 33.6 Å². The van der Waals surface area contributed by atoms with Crippen LogP contribution >= 0.6 is 0 Å². The molecule has 0 aromatic rings. The molecule has 0 aromatic carbocycles. The van der Waals surface area contributed by atoms with Crippen LogP contribution in [0.3, 0.4) is 0 Å². The summed E-state index contributed by atoms with van der Waals surface area (Å²) in [5.74, 6) is -0.287. The van der Waals surface area contributed by atoms with E-state index < -0.39 is 0 Å². The lowest BCUT2D eigenvalue weighted by Gasteiger charge is -2.21. The molecule has 1 unspecified atom stereocenters. The molecule has 1 aliphatic rings. The summed E-state index contributed by atoms with van der Waals surface area (Å²) < 4.78 is 10.4. The second-order valence-electron chi connectivity index (χ2n) is 4.11. The van der Waals surface area contributed by atoms with Crippen molar-refractivity contribution < 1.29 is 14.3 Å². The van der Waals surface area contributed by atoms with Gasteiger partial charge in [-0.25, -0.2) is 4.79 Å². The van der Waals surface area contributed by atoms with Crippen molar-refractivity contribution in [3.8, 4) is 0 Å². The van der Waals surface area contributed by atoms with Crippen LogP contribution in [0, 0.1) is 0 Å². The predicted molar refractivity (Wildman–Crippen MR) is 58.3 cm³/mol. The molecule has 84 valence electrons. The highest BCUT2D eigenvalue weighted by molar-refractivity contribution is 5.82. The molecule has 0 N–H and O–H groups in total. The summed E-state index contributed by atoms with van der Waals surface area (Å²) in [6.45, 7) is 6.10. The Hall–Kier alpha value is -1.25. The molecule has 0 saturated carbocycles. The van der Waals surface area contributed by atoms with E-state index in [2.05, 4.69) is 0 Å². The Labute approximate surface area is 90.8 Å². The topological polar surface area (TPSA) is 35.5 Å². The Kier molecular flexibility index (Phi) is 4.40. The molecular formula is C12H18O3. The van der Waals surface area contributed by atoms with Gasteiger partial charge in [-0.2, -0.15) is 0 Å². The van der Waals surface area contributed by atoms with Crippen LogP contribution in [0.15, 0.2) is 23.5 Å². The molecule has 0 fully saturated rings. The van der Waals surface area contributed by atoms with Gasteiger partial charge in [0.15, 0.2) is 0 Å². The third kappa shape index (κ3) is 4.68. The van der Waals surface area contributed by atoms with Crippen LogP contribution in [0.5, 0.6) is 0 Å². The number of hydrogen-bond acceptors (Lipinski definition) is 3. The van der Waals surface area contributed by atoms with Crippen LogP contribution in [-0.2, 0) is 14.3 Å². The van der Waals surface area contributed by atoms with Crippen LogP contribution in [-0.4, -0.2) is 18.7 Å². The maximum atomic E-state index is 11.2. The van der Waals surface area contributed by atoms with E-state index >= 15 is 0 Å². The summed E-state index contributed by atoms with van der Waals surface area (Å²) in [5, 5.41) is 0. The van der Waals surface area contributed by atoms with Gasteiger partial charge in [-0.1, -0.05) is 5.57 Å². The Morgan fingerprint density at radius 1 is 1.67 bits per heavy atom. The van der Waals surface area contributed by atoms with Crippen molar-refractivity contribution in [2.45, 2.75) is 39.7 Å². The molecule has 0 spiro atoms. The van der Waals surface area contributed by atoms with Crippen molar-refractivity contribution >= 4 is 5.97 Å². The second-order valence-corrected chi connectivity index (χ2v) is 4.11. The first kappa shape index (κ1) is 11.8. The summed E-state index contributed by atoms with van der Waals surface area (Å²) >= 11 is 0. The number of esters is 1. The van der Waals surface area contributed by atoms with Crippen molar-refractivity contribution in [1.29, 1.82) is 0 Å². The average molecular weight is 210 g/mol. The average Bonchev–Trinajstić information content (AvgIpc) is 2.16. The number of ether oxygens (including phenoxy) is 2. The van der Waals surface area contributed by atoms with E-state index in [0.717, 1.165) is 18.4 Å². The number of rotatable bonds is 3.